The Hall–Kier alpha value is -6.91. The Morgan fingerprint density at radius 3 is 1.75 bits per heavy atom. The summed E-state index contributed by atoms with van der Waals surface area (Å²) in [6, 6.07) is 61.0. The summed E-state index contributed by atoms with van der Waals surface area (Å²) in [5.41, 5.74) is 8.83. The summed E-state index contributed by atoms with van der Waals surface area (Å²) in [5, 5.41) is 6.85. The molecule has 0 N–H and O–H groups in total. The molecule has 10 rings (SSSR count). The molecule has 10 aromatic rings. The highest BCUT2D eigenvalue weighted by Crippen LogP contribution is 2.41. The van der Waals surface area contributed by atoms with Crippen molar-refractivity contribution in [1.29, 1.82) is 0 Å². The van der Waals surface area contributed by atoms with Gasteiger partial charge in [-0.2, -0.15) is 0 Å². The fraction of sp³-hybridized carbons (Fsp3) is 0. The molecule has 8 aromatic carbocycles. The summed E-state index contributed by atoms with van der Waals surface area (Å²) in [6.07, 6.45) is 0. The Labute approximate surface area is 294 Å². The molecule has 0 atom stereocenters. The Morgan fingerprint density at radius 2 is 0.902 bits per heavy atom. The lowest BCUT2D eigenvalue weighted by atomic mass is 9.93. The van der Waals surface area contributed by atoms with Crippen LogP contribution in [-0.4, -0.2) is 15.0 Å². The van der Waals surface area contributed by atoms with E-state index in [1.807, 2.05) is 54.6 Å². The van der Waals surface area contributed by atoms with E-state index in [0.717, 1.165) is 60.5 Å². The van der Waals surface area contributed by atoms with Crippen LogP contribution in [0.5, 0.6) is 0 Å². The molecule has 51 heavy (non-hydrogen) atoms. The van der Waals surface area contributed by atoms with Gasteiger partial charge >= 0.3 is 0 Å². The van der Waals surface area contributed by atoms with E-state index in [-0.39, 0.29) is 0 Å². The Morgan fingerprint density at radius 1 is 0.314 bits per heavy atom. The van der Waals surface area contributed by atoms with E-state index in [0.29, 0.717) is 17.5 Å². The van der Waals surface area contributed by atoms with E-state index < -0.39 is 0 Å². The molecule has 0 aliphatic rings. The number of benzene rings is 8. The van der Waals surface area contributed by atoms with Gasteiger partial charge in [0.25, 0.3) is 0 Å². The Kier molecular flexibility index (Phi) is 6.78. The Bertz CT molecular complexity index is 2930. The van der Waals surface area contributed by atoms with Crippen molar-refractivity contribution in [2.24, 2.45) is 0 Å². The molecule has 0 fully saturated rings. The van der Waals surface area contributed by atoms with Crippen LogP contribution in [0.4, 0.5) is 0 Å². The van der Waals surface area contributed by atoms with Crippen molar-refractivity contribution >= 4 is 43.5 Å². The van der Waals surface area contributed by atoms with Crippen LogP contribution in [0.25, 0.3) is 99.9 Å². The van der Waals surface area contributed by atoms with Crippen LogP contribution in [0.3, 0.4) is 0 Å². The van der Waals surface area contributed by atoms with Gasteiger partial charge in [-0.15, -0.1) is 0 Å². The number of furan rings is 1. The van der Waals surface area contributed by atoms with Crippen molar-refractivity contribution in [2.45, 2.75) is 0 Å². The second kappa shape index (κ2) is 11.9. The Balaban J connectivity index is 1.19. The van der Waals surface area contributed by atoms with Crippen molar-refractivity contribution in [3.8, 4) is 56.4 Å². The third-order valence-electron chi connectivity index (χ3n) is 9.76. The van der Waals surface area contributed by atoms with Gasteiger partial charge in [0.1, 0.15) is 11.2 Å². The van der Waals surface area contributed by atoms with Crippen LogP contribution >= 0.6 is 0 Å². The highest BCUT2D eigenvalue weighted by molar-refractivity contribution is 6.10. The van der Waals surface area contributed by atoms with Gasteiger partial charge in [0.05, 0.1) is 0 Å². The molecular formula is C47H29N3O. The first-order valence-corrected chi connectivity index (χ1v) is 17.1. The first kappa shape index (κ1) is 29.0. The van der Waals surface area contributed by atoms with E-state index in [1.54, 1.807) is 0 Å². The molecule has 0 saturated heterocycles. The predicted octanol–water partition coefficient (Wildman–Crippen LogP) is 12.4. The number of rotatable bonds is 5. The lowest BCUT2D eigenvalue weighted by Crippen LogP contribution is -2.01. The second-order valence-electron chi connectivity index (χ2n) is 12.8. The van der Waals surface area contributed by atoms with Gasteiger partial charge < -0.3 is 4.42 Å². The molecule has 0 radical (unpaired) electrons. The van der Waals surface area contributed by atoms with E-state index >= 15 is 0 Å². The normalized spacial score (nSPS) is 11.5. The molecule has 0 bridgehead atoms. The molecule has 4 nitrogen and oxygen atoms in total. The van der Waals surface area contributed by atoms with Gasteiger partial charge in [-0.3, -0.25) is 0 Å². The third-order valence-corrected chi connectivity index (χ3v) is 9.76. The third kappa shape index (κ3) is 4.96. The molecule has 0 aliphatic heterocycles. The number of aromatic nitrogens is 3. The first-order valence-electron chi connectivity index (χ1n) is 17.1. The second-order valence-corrected chi connectivity index (χ2v) is 12.8. The summed E-state index contributed by atoms with van der Waals surface area (Å²) < 4.78 is 6.48. The van der Waals surface area contributed by atoms with Crippen LogP contribution < -0.4 is 0 Å². The molecule has 0 amide bonds. The van der Waals surface area contributed by atoms with Crippen molar-refractivity contribution in [2.75, 3.05) is 0 Å². The summed E-state index contributed by atoms with van der Waals surface area (Å²) in [6.45, 7) is 0. The van der Waals surface area contributed by atoms with Crippen molar-refractivity contribution in [1.82, 2.24) is 15.0 Å². The minimum Gasteiger partial charge on any atom is -0.455 e. The predicted molar refractivity (Wildman–Crippen MR) is 209 cm³/mol. The number of hydrogen-bond acceptors (Lipinski definition) is 4. The molecule has 0 unspecified atom stereocenters. The first-order chi connectivity index (χ1) is 25.3. The van der Waals surface area contributed by atoms with Crippen LogP contribution in [0.15, 0.2) is 180 Å². The van der Waals surface area contributed by atoms with Gasteiger partial charge in [-0.1, -0.05) is 158 Å². The maximum atomic E-state index is 6.48. The van der Waals surface area contributed by atoms with E-state index in [2.05, 4.69) is 121 Å². The minimum atomic E-state index is 0.602. The zero-order chi connectivity index (χ0) is 33.7. The monoisotopic (exact) mass is 651 g/mol. The fourth-order valence-corrected chi connectivity index (χ4v) is 7.31. The number of nitrogens with zero attached hydrogens (tertiary/aromatic N) is 3. The molecule has 2 aromatic heterocycles. The minimum absolute atomic E-state index is 0.602. The summed E-state index contributed by atoms with van der Waals surface area (Å²) in [7, 11) is 0. The highest BCUT2D eigenvalue weighted by atomic mass is 16.3. The van der Waals surface area contributed by atoms with Crippen molar-refractivity contribution in [3.05, 3.63) is 176 Å². The molecule has 0 spiro atoms. The largest absolute Gasteiger partial charge is 0.455 e. The van der Waals surface area contributed by atoms with Crippen molar-refractivity contribution < 1.29 is 4.42 Å². The van der Waals surface area contributed by atoms with Gasteiger partial charge in [-0.25, -0.2) is 15.0 Å². The van der Waals surface area contributed by atoms with E-state index in [9.17, 15) is 0 Å². The van der Waals surface area contributed by atoms with Gasteiger partial charge in [0.15, 0.2) is 17.5 Å². The topological polar surface area (TPSA) is 51.8 Å². The van der Waals surface area contributed by atoms with Crippen molar-refractivity contribution in [3.63, 3.8) is 0 Å². The lowest BCUT2D eigenvalue weighted by molar-refractivity contribution is 0.670. The maximum absolute atomic E-state index is 6.48. The number of hydrogen-bond donors (Lipinski definition) is 0. The summed E-state index contributed by atoms with van der Waals surface area (Å²) in [5.74, 6) is 1.84. The molecule has 2 heterocycles. The zero-order valence-corrected chi connectivity index (χ0v) is 27.5. The lowest BCUT2D eigenvalue weighted by Gasteiger charge is -2.14. The molecule has 0 saturated carbocycles. The average molecular weight is 652 g/mol. The molecule has 238 valence electrons. The van der Waals surface area contributed by atoms with Gasteiger partial charge in [0, 0.05) is 33.0 Å². The molecule has 0 aliphatic carbocycles. The van der Waals surface area contributed by atoms with E-state index in [1.165, 1.54) is 21.9 Å². The quantitative estimate of drug-likeness (QED) is 0.186. The SMILES string of the molecule is c1ccc(-c2nc(-c3ccccc3-c3cccc4c3oc3ccccc34)nc(-c3ccc(-c4ccc5ccccc5c4)c4ccccc34)n2)cc1. The summed E-state index contributed by atoms with van der Waals surface area (Å²) in [4.78, 5) is 15.5. The highest BCUT2D eigenvalue weighted by Gasteiger charge is 2.20. The standard InChI is InChI=1S/C47H29N3O/c1-2-14-31(15-3-1)45-48-46(41-21-9-8-19-37(41)39-22-12-23-40-38-20-10-11-24-43(38)51-44(39)40)50-47(49-45)42-28-27-34(35-17-6-7-18-36(35)42)33-26-25-30-13-4-5-16-32(30)29-33/h1-29H. The average Bonchev–Trinajstić information content (AvgIpc) is 3.59. The number of para-hydroxylation sites is 2. The molecule has 4 heteroatoms. The smallest absolute Gasteiger partial charge is 0.164 e. The van der Waals surface area contributed by atoms with E-state index in [4.69, 9.17) is 19.4 Å². The summed E-state index contributed by atoms with van der Waals surface area (Å²) >= 11 is 0. The van der Waals surface area contributed by atoms with Gasteiger partial charge in [0.2, 0.25) is 0 Å². The maximum Gasteiger partial charge on any atom is 0.164 e. The van der Waals surface area contributed by atoms with Crippen LogP contribution in [-0.2, 0) is 0 Å². The van der Waals surface area contributed by atoms with Gasteiger partial charge in [-0.05, 0) is 56.4 Å². The zero-order valence-electron chi connectivity index (χ0n) is 27.5. The van der Waals surface area contributed by atoms with Crippen LogP contribution in [0.2, 0.25) is 0 Å². The van der Waals surface area contributed by atoms with Crippen LogP contribution in [0, 0.1) is 0 Å². The van der Waals surface area contributed by atoms with Crippen LogP contribution in [0.1, 0.15) is 0 Å². The fourth-order valence-electron chi connectivity index (χ4n) is 7.31. The number of fused-ring (bicyclic) bond motifs is 5. The molecular weight excluding hydrogens is 623 g/mol.